The highest BCUT2D eigenvalue weighted by molar-refractivity contribution is 8.26. The van der Waals surface area contributed by atoms with Gasteiger partial charge in [-0.3, -0.25) is 14.5 Å². The molecule has 6 nitrogen and oxygen atoms in total. The molecule has 1 aliphatic heterocycles. The van der Waals surface area contributed by atoms with Crippen LogP contribution in [0.25, 0.3) is 6.08 Å². The van der Waals surface area contributed by atoms with Crippen molar-refractivity contribution >= 4 is 46.3 Å². The first kappa shape index (κ1) is 23.7. The number of carboxylic acids is 1. The van der Waals surface area contributed by atoms with Crippen LogP contribution in [-0.2, 0) is 9.59 Å². The number of allylic oxidation sites excluding steroid dienone is 4. The predicted octanol–water partition coefficient (Wildman–Crippen LogP) is 4.50. The topological polar surface area (TPSA) is 76.1 Å². The van der Waals surface area contributed by atoms with Gasteiger partial charge in [-0.25, -0.2) is 0 Å². The molecule has 1 saturated heterocycles. The number of carbonyl (C=O) groups excluding carboxylic acids is 1. The van der Waals surface area contributed by atoms with E-state index in [2.05, 4.69) is 0 Å². The number of aliphatic carboxylic acids is 1. The van der Waals surface area contributed by atoms with E-state index in [1.54, 1.807) is 18.2 Å². The molecule has 0 bridgehead atoms. The van der Waals surface area contributed by atoms with Crippen LogP contribution in [0.15, 0.2) is 35.3 Å². The molecule has 0 aromatic heterocycles. The fourth-order valence-electron chi connectivity index (χ4n) is 2.85. The number of thioether (sulfide) groups is 1. The van der Waals surface area contributed by atoms with E-state index in [0.29, 0.717) is 18.1 Å². The van der Waals surface area contributed by atoms with Crippen LogP contribution < -0.4 is 9.47 Å². The number of carboxylic acid groups (broad SMARTS) is 1. The van der Waals surface area contributed by atoms with Crippen LogP contribution >= 0.6 is 24.0 Å². The number of aryl methyl sites for hydroxylation is 1. The zero-order chi connectivity index (χ0) is 22.3. The molecule has 1 aromatic rings. The maximum Gasteiger partial charge on any atom is 0.323 e. The van der Waals surface area contributed by atoms with E-state index < -0.39 is 12.5 Å². The summed E-state index contributed by atoms with van der Waals surface area (Å²) < 4.78 is 11.8. The number of hydrogen-bond donors (Lipinski definition) is 1. The summed E-state index contributed by atoms with van der Waals surface area (Å²) in [5.41, 5.74) is 3.00. The summed E-state index contributed by atoms with van der Waals surface area (Å²) in [5.74, 6) is 0.0387. The summed E-state index contributed by atoms with van der Waals surface area (Å²) >= 11 is 6.17. The zero-order valence-corrected chi connectivity index (χ0v) is 19.1. The number of rotatable bonds is 9. The molecule has 1 fully saturated rings. The van der Waals surface area contributed by atoms with Crippen LogP contribution in [-0.4, -0.2) is 46.0 Å². The first-order chi connectivity index (χ1) is 14.3. The van der Waals surface area contributed by atoms with E-state index in [1.807, 2.05) is 45.9 Å². The lowest BCUT2D eigenvalue weighted by Gasteiger charge is -2.17. The van der Waals surface area contributed by atoms with Crippen molar-refractivity contribution in [2.24, 2.45) is 0 Å². The van der Waals surface area contributed by atoms with Crippen LogP contribution in [0.1, 0.15) is 30.5 Å². The lowest BCUT2D eigenvalue weighted by molar-refractivity contribution is -0.140. The Kier molecular flexibility index (Phi) is 8.68. The number of carbonyl (C=O) groups is 2. The molecular formula is C22H25NO5S2. The molecule has 8 heteroatoms. The van der Waals surface area contributed by atoms with Crippen molar-refractivity contribution < 1.29 is 24.2 Å². The Labute approximate surface area is 186 Å². The highest BCUT2D eigenvalue weighted by Gasteiger charge is 2.32. The number of thiocarbonyl (C=S) groups is 1. The fourth-order valence-corrected chi connectivity index (χ4v) is 4.06. The Balaban J connectivity index is 2.16. The Morgan fingerprint density at radius 2 is 1.83 bits per heavy atom. The normalized spacial score (nSPS) is 15.7. The highest BCUT2D eigenvalue weighted by Crippen LogP contribution is 2.37. The maximum atomic E-state index is 12.2. The third kappa shape index (κ3) is 5.73. The van der Waals surface area contributed by atoms with Gasteiger partial charge in [0.2, 0.25) is 0 Å². The summed E-state index contributed by atoms with van der Waals surface area (Å²) in [7, 11) is 0. The molecule has 1 aliphatic rings. The summed E-state index contributed by atoms with van der Waals surface area (Å²) in [6, 6.07) is 2.05. The molecule has 0 radical (unpaired) electrons. The molecule has 2 rings (SSSR count). The van der Waals surface area contributed by atoms with Gasteiger partial charge in [0.1, 0.15) is 10.9 Å². The number of benzene rings is 1. The number of nitrogens with zero attached hydrogens (tertiary/aromatic N) is 1. The minimum Gasteiger partial charge on any atom is -0.490 e. The van der Waals surface area contributed by atoms with Crippen molar-refractivity contribution in [2.45, 2.75) is 27.7 Å². The molecule has 0 spiro atoms. The van der Waals surface area contributed by atoms with Crippen molar-refractivity contribution in [1.82, 2.24) is 4.90 Å². The standard InChI is InChI=1S/C22H25NO5S2/c1-5-27-19-14(3)12-16(15(4)20(19)28-6-2)10-8-7-9-11-17-21(26)23(13-18(24)25)22(29)30-17/h7-12H,5-6,13H2,1-4H3,(H,24,25). The first-order valence-electron chi connectivity index (χ1n) is 9.50. The number of hydrogen-bond acceptors (Lipinski definition) is 6. The van der Waals surface area contributed by atoms with Crippen molar-refractivity contribution in [2.75, 3.05) is 19.8 Å². The van der Waals surface area contributed by atoms with Crippen molar-refractivity contribution in [1.29, 1.82) is 0 Å². The molecule has 0 atom stereocenters. The van der Waals surface area contributed by atoms with Crippen LogP contribution in [0.5, 0.6) is 11.5 Å². The third-order valence-corrected chi connectivity index (χ3v) is 5.60. The molecule has 1 amide bonds. The first-order valence-corrected chi connectivity index (χ1v) is 10.7. The lowest BCUT2D eigenvalue weighted by atomic mass is 10.0. The van der Waals surface area contributed by atoms with Crippen LogP contribution in [0, 0.1) is 13.8 Å². The average molecular weight is 448 g/mol. The van der Waals surface area contributed by atoms with Crippen LogP contribution in [0.2, 0.25) is 0 Å². The third-order valence-electron chi connectivity index (χ3n) is 4.20. The van der Waals surface area contributed by atoms with Gasteiger partial charge >= 0.3 is 5.97 Å². The lowest BCUT2D eigenvalue weighted by Crippen LogP contribution is -2.33. The van der Waals surface area contributed by atoms with E-state index in [0.717, 1.165) is 44.9 Å². The van der Waals surface area contributed by atoms with E-state index in [9.17, 15) is 9.59 Å². The van der Waals surface area contributed by atoms with Crippen LogP contribution in [0.4, 0.5) is 0 Å². The second kappa shape index (κ2) is 11.0. The van der Waals surface area contributed by atoms with Gasteiger partial charge in [-0.05, 0) is 51.0 Å². The molecule has 0 saturated carbocycles. The Morgan fingerprint density at radius 3 is 2.47 bits per heavy atom. The minimum absolute atomic E-state index is 0.251. The molecular weight excluding hydrogens is 422 g/mol. The minimum atomic E-state index is -1.10. The Morgan fingerprint density at radius 1 is 1.17 bits per heavy atom. The van der Waals surface area contributed by atoms with Crippen LogP contribution in [0.3, 0.4) is 0 Å². The monoisotopic (exact) mass is 447 g/mol. The summed E-state index contributed by atoms with van der Waals surface area (Å²) in [4.78, 5) is 24.5. The van der Waals surface area contributed by atoms with Gasteiger partial charge in [0.15, 0.2) is 11.5 Å². The summed E-state index contributed by atoms with van der Waals surface area (Å²) in [6.07, 6.45) is 8.99. The van der Waals surface area contributed by atoms with E-state index in [4.69, 9.17) is 26.8 Å². The van der Waals surface area contributed by atoms with E-state index >= 15 is 0 Å². The fraction of sp³-hybridized carbons (Fsp3) is 0.318. The maximum absolute atomic E-state index is 12.2. The highest BCUT2D eigenvalue weighted by atomic mass is 32.2. The van der Waals surface area contributed by atoms with Gasteiger partial charge in [0.05, 0.1) is 18.1 Å². The Bertz CT molecular complexity index is 934. The average Bonchev–Trinajstić information content (AvgIpc) is 2.95. The van der Waals surface area contributed by atoms with Gasteiger partial charge in [0.25, 0.3) is 5.91 Å². The summed E-state index contributed by atoms with van der Waals surface area (Å²) in [6.45, 7) is 8.55. The van der Waals surface area contributed by atoms with Crippen molar-refractivity contribution in [3.63, 3.8) is 0 Å². The molecule has 0 unspecified atom stereocenters. The largest absolute Gasteiger partial charge is 0.490 e. The number of amides is 1. The van der Waals surface area contributed by atoms with Crippen molar-refractivity contribution in [3.8, 4) is 11.5 Å². The van der Waals surface area contributed by atoms with Gasteiger partial charge < -0.3 is 14.6 Å². The SMILES string of the molecule is CCOc1c(C)cc(C=CC=CC=C2SC(=S)N(CC(=O)O)C2=O)c(C)c1OCC. The van der Waals surface area contributed by atoms with E-state index in [-0.39, 0.29) is 10.2 Å². The molecule has 1 N–H and O–H groups in total. The second-order valence-electron chi connectivity index (χ2n) is 6.36. The molecule has 30 heavy (non-hydrogen) atoms. The molecule has 1 aromatic carbocycles. The van der Waals surface area contributed by atoms with Gasteiger partial charge in [-0.2, -0.15) is 0 Å². The van der Waals surface area contributed by atoms with Gasteiger partial charge in [0, 0.05) is 5.56 Å². The number of ether oxygens (including phenoxy) is 2. The second-order valence-corrected chi connectivity index (χ2v) is 8.04. The summed E-state index contributed by atoms with van der Waals surface area (Å²) in [5, 5.41) is 8.87. The molecule has 0 aliphatic carbocycles. The molecule has 160 valence electrons. The van der Waals surface area contributed by atoms with Gasteiger partial charge in [-0.1, -0.05) is 48.3 Å². The quantitative estimate of drug-likeness (QED) is 0.339. The zero-order valence-electron chi connectivity index (χ0n) is 17.4. The predicted molar refractivity (Wildman–Crippen MR) is 124 cm³/mol. The molecule has 1 heterocycles. The van der Waals surface area contributed by atoms with Crippen molar-refractivity contribution in [3.05, 3.63) is 52.0 Å². The smallest absolute Gasteiger partial charge is 0.323 e. The van der Waals surface area contributed by atoms with E-state index in [1.165, 1.54) is 0 Å². The van der Waals surface area contributed by atoms with Gasteiger partial charge in [-0.15, -0.1) is 0 Å². The Hall–Kier alpha value is -2.58.